The Balaban J connectivity index is 0. The van der Waals surface area contributed by atoms with Crippen LogP contribution in [0.4, 0.5) is 0 Å². The van der Waals surface area contributed by atoms with Crippen molar-refractivity contribution >= 4 is 0 Å². The highest BCUT2D eigenvalue weighted by Gasteiger charge is 1.85. The zero-order chi connectivity index (χ0) is 9.11. The summed E-state index contributed by atoms with van der Waals surface area (Å²) in [6.07, 6.45) is 1.78. The van der Waals surface area contributed by atoms with Crippen molar-refractivity contribution in [1.82, 2.24) is 0 Å². The molecule has 0 aliphatic carbocycles. The van der Waals surface area contributed by atoms with E-state index in [9.17, 15) is 0 Å². The van der Waals surface area contributed by atoms with E-state index in [1.165, 1.54) is 12.8 Å². The number of ether oxygens (including phenoxy) is 1. The van der Waals surface area contributed by atoms with Crippen LogP contribution in [0.15, 0.2) is 0 Å². The maximum absolute atomic E-state index is 8.33. The molecular weight excluding hydrogens is 142 g/mol. The maximum Gasteiger partial charge on any atom is 0.151 e. The molecule has 1 atom stereocenters. The third-order valence-electron chi connectivity index (χ3n) is 0.966. The normalized spacial score (nSPS) is 11.7. The molecule has 3 nitrogen and oxygen atoms in total. The number of unbranched alkanes of at least 4 members (excludes halogenated alkanes) is 1. The summed E-state index contributed by atoms with van der Waals surface area (Å²) in [6, 6.07) is 0. The van der Waals surface area contributed by atoms with Crippen LogP contribution >= 0.6 is 0 Å². The number of aliphatic hydroxyl groups is 1. The maximum atomic E-state index is 8.33. The lowest BCUT2D eigenvalue weighted by Crippen LogP contribution is -2.04. The van der Waals surface area contributed by atoms with E-state index < -0.39 is 6.29 Å². The topological polar surface area (TPSA) is 55.5 Å². The minimum Gasteiger partial charge on any atom is -0.368 e. The van der Waals surface area contributed by atoms with Crippen LogP contribution in [0.3, 0.4) is 0 Å². The molecule has 70 valence electrons. The SMILES string of the molecule is CCCCN.CCOC(C)O. The molecular formula is C8H21NO2. The third-order valence-corrected chi connectivity index (χ3v) is 0.966. The standard InChI is InChI=1S/C4H11N.C4H10O2/c1-2-3-4-5;1-3-6-4(2)5/h2-5H2,1H3;4-5H,3H2,1-2H3. The van der Waals surface area contributed by atoms with E-state index in [2.05, 4.69) is 11.7 Å². The fourth-order valence-electron chi connectivity index (χ4n) is 0.445. The minimum absolute atomic E-state index is 0.581. The number of hydrogen-bond acceptors (Lipinski definition) is 3. The second-order valence-electron chi connectivity index (χ2n) is 2.20. The molecule has 0 amide bonds. The quantitative estimate of drug-likeness (QED) is 0.610. The van der Waals surface area contributed by atoms with Gasteiger partial charge in [-0.2, -0.15) is 0 Å². The van der Waals surface area contributed by atoms with Gasteiger partial charge in [0.25, 0.3) is 0 Å². The van der Waals surface area contributed by atoms with Gasteiger partial charge in [-0.05, 0) is 26.8 Å². The van der Waals surface area contributed by atoms with Crippen LogP contribution in [0, 0.1) is 0 Å². The smallest absolute Gasteiger partial charge is 0.151 e. The number of hydrogen-bond donors (Lipinski definition) is 2. The van der Waals surface area contributed by atoms with E-state index in [0.717, 1.165) is 6.54 Å². The van der Waals surface area contributed by atoms with Gasteiger partial charge in [-0.3, -0.25) is 0 Å². The van der Waals surface area contributed by atoms with E-state index in [1.807, 2.05) is 6.92 Å². The van der Waals surface area contributed by atoms with Gasteiger partial charge in [-0.25, -0.2) is 0 Å². The van der Waals surface area contributed by atoms with E-state index in [1.54, 1.807) is 6.92 Å². The highest BCUT2D eigenvalue weighted by Crippen LogP contribution is 1.78. The van der Waals surface area contributed by atoms with Crippen molar-refractivity contribution in [2.75, 3.05) is 13.2 Å². The van der Waals surface area contributed by atoms with Gasteiger partial charge < -0.3 is 15.6 Å². The number of aliphatic hydroxyl groups excluding tert-OH is 1. The number of rotatable bonds is 4. The molecule has 0 aromatic carbocycles. The molecule has 0 aliphatic rings. The molecule has 0 aromatic rings. The summed E-state index contributed by atoms with van der Waals surface area (Å²) >= 11 is 0. The predicted molar refractivity (Wildman–Crippen MR) is 47.3 cm³/mol. The molecule has 0 saturated heterocycles. The largest absolute Gasteiger partial charge is 0.368 e. The average Bonchev–Trinajstić information content (AvgIpc) is 1.90. The lowest BCUT2D eigenvalue weighted by molar-refractivity contribution is -0.0800. The van der Waals surface area contributed by atoms with E-state index in [0.29, 0.717) is 6.61 Å². The highest BCUT2D eigenvalue weighted by atomic mass is 16.6. The van der Waals surface area contributed by atoms with Crippen molar-refractivity contribution in [2.45, 2.75) is 39.9 Å². The van der Waals surface area contributed by atoms with Gasteiger partial charge in [0.2, 0.25) is 0 Å². The Morgan fingerprint density at radius 2 is 2.00 bits per heavy atom. The summed E-state index contributed by atoms with van der Waals surface area (Å²) in [5.41, 5.74) is 5.14. The average molecular weight is 163 g/mol. The molecule has 3 heteroatoms. The molecule has 0 saturated carbocycles. The predicted octanol–water partition coefficient (Wildman–Crippen LogP) is 1.11. The Morgan fingerprint density at radius 3 is 2.00 bits per heavy atom. The van der Waals surface area contributed by atoms with Gasteiger partial charge >= 0.3 is 0 Å². The fraction of sp³-hybridized carbons (Fsp3) is 1.00. The zero-order valence-corrected chi connectivity index (χ0v) is 7.84. The van der Waals surface area contributed by atoms with Crippen molar-refractivity contribution in [1.29, 1.82) is 0 Å². The summed E-state index contributed by atoms with van der Waals surface area (Å²) < 4.78 is 4.60. The highest BCUT2D eigenvalue weighted by molar-refractivity contribution is 4.29. The summed E-state index contributed by atoms with van der Waals surface area (Å²) in [5, 5.41) is 8.33. The summed E-state index contributed by atoms with van der Waals surface area (Å²) in [7, 11) is 0. The Kier molecular flexibility index (Phi) is 15.4. The van der Waals surface area contributed by atoms with E-state index in [4.69, 9.17) is 10.8 Å². The van der Waals surface area contributed by atoms with Crippen LogP contribution < -0.4 is 5.73 Å². The van der Waals surface area contributed by atoms with Gasteiger partial charge in [0.1, 0.15) is 0 Å². The van der Waals surface area contributed by atoms with Gasteiger partial charge in [0.05, 0.1) is 0 Å². The molecule has 0 fully saturated rings. The van der Waals surface area contributed by atoms with Crippen molar-refractivity contribution in [3.05, 3.63) is 0 Å². The monoisotopic (exact) mass is 163 g/mol. The first-order valence-corrected chi connectivity index (χ1v) is 4.18. The second kappa shape index (κ2) is 12.5. The third kappa shape index (κ3) is 25.8. The van der Waals surface area contributed by atoms with Crippen molar-refractivity contribution in [2.24, 2.45) is 5.73 Å². The van der Waals surface area contributed by atoms with Crippen LogP contribution in [-0.4, -0.2) is 24.5 Å². The van der Waals surface area contributed by atoms with E-state index >= 15 is 0 Å². The summed E-state index contributed by atoms with van der Waals surface area (Å²) in [5.74, 6) is 0. The molecule has 3 N–H and O–H groups in total. The Morgan fingerprint density at radius 1 is 1.45 bits per heavy atom. The van der Waals surface area contributed by atoms with Crippen molar-refractivity contribution < 1.29 is 9.84 Å². The number of nitrogens with two attached hydrogens (primary N) is 1. The molecule has 0 heterocycles. The van der Waals surface area contributed by atoms with Crippen LogP contribution in [-0.2, 0) is 4.74 Å². The van der Waals surface area contributed by atoms with Gasteiger partial charge in [0.15, 0.2) is 6.29 Å². The lowest BCUT2D eigenvalue weighted by Gasteiger charge is -1.99. The van der Waals surface area contributed by atoms with Gasteiger partial charge in [-0.1, -0.05) is 13.3 Å². The second-order valence-corrected chi connectivity index (χ2v) is 2.20. The van der Waals surface area contributed by atoms with Gasteiger partial charge in [-0.15, -0.1) is 0 Å². The zero-order valence-electron chi connectivity index (χ0n) is 7.84. The first-order valence-electron chi connectivity index (χ1n) is 4.18. The van der Waals surface area contributed by atoms with Crippen molar-refractivity contribution in [3.8, 4) is 0 Å². The first-order chi connectivity index (χ1) is 5.18. The molecule has 0 radical (unpaired) electrons. The molecule has 1 unspecified atom stereocenters. The van der Waals surface area contributed by atoms with Crippen LogP contribution in [0.25, 0.3) is 0 Å². The van der Waals surface area contributed by atoms with Crippen molar-refractivity contribution in [3.63, 3.8) is 0 Å². The Hall–Kier alpha value is -0.120. The molecule has 0 aliphatic heterocycles. The molecule has 11 heavy (non-hydrogen) atoms. The Bertz CT molecular complexity index is 56.1. The fourth-order valence-corrected chi connectivity index (χ4v) is 0.445. The molecule has 0 spiro atoms. The molecule has 0 aromatic heterocycles. The lowest BCUT2D eigenvalue weighted by atomic mass is 10.3. The Labute approximate surface area is 69.5 Å². The molecule has 0 bridgehead atoms. The minimum atomic E-state index is -0.602. The first kappa shape index (κ1) is 13.5. The van der Waals surface area contributed by atoms with E-state index in [-0.39, 0.29) is 0 Å². The van der Waals surface area contributed by atoms with Crippen LogP contribution in [0.1, 0.15) is 33.6 Å². The van der Waals surface area contributed by atoms with Gasteiger partial charge in [0, 0.05) is 6.61 Å². The molecule has 0 rings (SSSR count). The van der Waals surface area contributed by atoms with Crippen LogP contribution in [0.5, 0.6) is 0 Å². The summed E-state index contributed by atoms with van der Waals surface area (Å²) in [4.78, 5) is 0. The van der Waals surface area contributed by atoms with Crippen LogP contribution in [0.2, 0.25) is 0 Å². The summed E-state index contributed by atoms with van der Waals surface area (Å²) in [6.45, 7) is 6.98.